The molecule has 1 aromatic heterocycles. The zero-order valence-corrected chi connectivity index (χ0v) is 12.8. The van der Waals surface area contributed by atoms with Crippen molar-refractivity contribution in [1.29, 1.82) is 0 Å². The summed E-state index contributed by atoms with van der Waals surface area (Å²) < 4.78 is 5.70. The lowest BCUT2D eigenvalue weighted by molar-refractivity contribution is -0.0275. The Bertz CT molecular complexity index is 511. The van der Waals surface area contributed by atoms with E-state index in [2.05, 4.69) is 30.6 Å². The molecular weight excluding hydrogens is 274 g/mol. The maximum atomic E-state index is 12.0. The van der Waals surface area contributed by atoms with E-state index < -0.39 is 0 Å². The molecule has 2 rings (SSSR count). The Labute approximate surface area is 123 Å². The summed E-state index contributed by atoms with van der Waals surface area (Å²) in [4.78, 5) is 14.8. The average Bonchev–Trinajstić information content (AvgIpc) is 2.77. The first-order valence-electron chi connectivity index (χ1n) is 6.60. The number of ether oxygens (including phenoxy) is 1. The molecule has 0 saturated carbocycles. The highest BCUT2D eigenvalue weighted by Crippen LogP contribution is 2.34. The van der Waals surface area contributed by atoms with Crippen LogP contribution in [0.4, 0.5) is 10.7 Å². The largest absolute Gasteiger partial charge is 0.397 e. The second-order valence-electron chi connectivity index (χ2n) is 5.40. The van der Waals surface area contributed by atoms with Crippen LogP contribution < -0.4 is 16.0 Å². The molecule has 6 heteroatoms. The van der Waals surface area contributed by atoms with Crippen molar-refractivity contribution >= 4 is 27.9 Å². The fourth-order valence-electron chi connectivity index (χ4n) is 2.17. The first-order chi connectivity index (χ1) is 9.43. The van der Waals surface area contributed by atoms with Crippen molar-refractivity contribution in [3.63, 3.8) is 0 Å². The second-order valence-corrected chi connectivity index (χ2v) is 6.43. The third-order valence-electron chi connectivity index (χ3n) is 3.10. The van der Waals surface area contributed by atoms with E-state index in [0.717, 1.165) is 18.1 Å². The number of carbonyl (C=O) groups is 1. The van der Waals surface area contributed by atoms with Crippen molar-refractivity contribution in [3.8, 4) is 0 Å². The molecule has 2 heterocycles. The van der Waals surface area contributed by atoms with Gasteiger partial charge in [0.2, 0.25) is 0 Å². The van der Waals surface area contributed by atoms with Crippen LogP contribution in [0.1, 0.15) is 23.5 Å². The molecule has 0 radical (unpaired) electrons. The number of nitrogens with two attached hydrogens (primary N) is 1. The van der Waals surface area contributed by atoms with Crippen molar-refractivity contribution in [2.24, 2.45) is 0 Å². The molecule has 0 spiro atoms. The molecule has 1 amide bonds. The first kappa shape index (κ1) is 14.9. The first-order valence-corrected chi connectivity index (χ1v) is 7.42. The van der Waals surface area contributed by atoms with Crippen LogP contribution >= 0.6 is 11.3 Å². The minimum atomic E-state index is -0.178. The van der Waals surface area contributed by atoms with Crippen LogP contribution in [0, 0.1) is 0 Å². The lowest BCUT2D eigenvalue weighted by atomic mass is 10.1. The van der Waals surface area contributed by atoms with E-state index in [4.69, 9.17) is 10.5 Å². The fraction of sp³-hybridized carbons (Fsp3) is 0.500. The van der Waals surface area contributed by atoms with E-state index in [9.17, 15) is 4.79 Å². The summed E-state index contributed by atoms with van der Waals surface area (Å²) in [5.41, 5.74) is 6.30. The Morgan fingerprint density at radius 1 is 1.70 bits per heavy atom. The third-order valence-corrected chi connectivity index (χ3v) is 4.31. The minimum Gasteiger partial charge on any atom is -0.397 e. The molecule has 3 N–H and O–H groups in total. The van der Waals surface area contributed by atoms with Gasteiger partial charge in [0, 0.05) is 19.6 Å². The minimum absolute atomic E-state index is 0.147. The van der Waals surface area contributed by atoms with Gasteiger partial charge in [-0.1, -0.05) is 6.08 Å². The Kier molecular flexibility index (Phi) is 4.35. The highest BCUT2D eigenvalue weighted by Gasteiger charge is 2.29. The van der Waals surface area contributed by atoms with Crippen molar-refractivity contribution in [2.45, 2.75) is 19.4 Å². The van der Waals surface area contributed by atoms with Crippen molar-refractivity contribution in [2.75, 3.05) is 36.9 Å². The number of hydrogen-bond acceptors (Lipinski definition) is 5. The smallest absolute Gasteiger partial charge is 0.263 e. The third kappa shape index (κ3) is 3.32. The molecule has 0 aliphatic carbocycles. The second kappa shape index (κ2) is 5.85. The van der Waals surface area contributed by atoms with Crippen LogP contribution in [-0.2, 0) is 4.74 Å². The Morgan fingerprint density at radius 3 is 3.10 bits per heavy atom. The summed E-state index contributed by atoms with van der Waals surface area (Å²) in [6.45, 7) is 10.4. The number of morpholine rings is 1. The van der Waals surface area contributed by atoms with E-state index in [0.29, 0.717) is 23.7 Å². The van der Waals surface area contributed by atoms with E-state index in [-0.39, 0.29) is 11.5 Å². The number of hydrogen-bond donors (Lipinski definition) is 2. The maximum Gasteiger partial charge on any atom is 0.263 e. The SMILES string of the molecule is C=CCNC(=O)c1sc(N2CCOC(C)(C)C2)cc1N. The van der Waals surface area contributed by atoms with E-state index in [1.54, 1.807) is 6.08 Å². The van der Waals surface area contributed by atoms with Gasteiger partial charge in [-0.05, 0) is 19.9 Å². The Balaban J connectivity index is 2.14. The van der Waals surface area contributed by atoms with Gasteiger partial charge in [0.15, 0.2) is 0 Å². The highest BCUT2D eigenvalue weighted by molar-refractivity contribution is 7.18. The molecule has 1 aliphatic rings. The van der Waals surface area contributed by atoms with Gasteiger partial charge in [0.1, 0.15) is 4.88 Å². The number of thiophene rings is 1. The van der Waals surface area contributed by atoms with Crippen LogP contribution in [0.25, 0.3) is 0 Å². The predicted octanol–water partition coefficient (Wildman–Crippen LogP) is 1.86. The van der Waals surface area contributed by atoms with Crippen LogP contribution in [0.3, 0.4) is 0 Å². The number of amides is 1. The molecule has 1 aliphatic heterocycles. The normalized spacial score (nSPS) is 17.8. The molecule has 1 aromatic rings. The van der Waals surface area contributed by atoms with Crippen LogP contribution in [0.15, 0.2) is 18.7 Å². The summed E-state index contributed by atoms with van der Waals surface area (Å²) in [5.74, 6) is -0.147. The summed E-state index contributed by atoms with van der Waals surface area (Å²) in [6.07, 6.45) is 1.65. The molecule has 20 heavy (non-hydrogen) atoms. The summed E-state index contributed by atoms with van der Waals surface area (Å²) in [6, 6.07) is 1.87. The molecule has 0 unspecified atom stereocenters. The standard InChI is InChI=1S/C14H21N3O2S/c1-4-5-16-13(18)12-10(15)8-11(20-12)17-6-7-19-14(2,3)9-17/h4,8H,1,5-7,9,15H2,2-3H3,(H,16,18). The lowest BCUT2D eigenvalue weighted by Gasteiger charge is -2.38. The van der Waals surface area contributed by atoms with Crippen molar-refractivity contribution < 1.29 is 9.53 Å². The molecule has 110 valence electrons. The highest BCUT2D eigenvalue weighted by atomic mass is 32.1. The van der Waals surface area contributed by atoms with Crippen LogP contribution in [0.5, 0.6) is 0 Å². The monoisotopic (exact) mass is 295 g/mol. The number of nitrogens with zero attached hydrogens (tertiary/aromatic N) is 1. The molecule has 0 atom stereocenters. The van der Waals surface area contributed by atoms with Gasteiger partial charge < -0.3 is 20.7 Å². The zero-order valence-electron chi connectivity index (χ0n) is 11.9. The maximum absolute atomic E-state index is 12.0. The molecule has 1 saturated heterocycles. The fourth-order valence-corrected chi connectivity index (χ4v) is 3.20. The van der Waals surface area contributed by atoms with Crippen molar-refractivity contribution in [1.82, 2.24) is 5.32 Å². The van der Waals surface area contributed by atoms with Gasteiger partial charge in [0.05, 0.1) is 22.9 Å². The number of anilines is 2. The average molecular weight is 295 g/mol. The number of carbonyl (C=O) groups excluding carboxylic acids is 1. The Morgan fingerprint density at radius 2 is 2.45 bits per heavy atom. The van der Waals surface area contributed by atoms with Crippen LogP contribution in [-0.4, -0.2) is 37.7 Å². The number of nitrogen functional groups attached to an aromatic ring is 1. The van der Waals surface area contributed by atoms with E-state index >= 15 is 0 Å². The van der Waals surface area contributed by atoms with Gasteiger partial charge in [-0.2, -0.15) is 0 Å². The van der Waals surface area contributed by atoms with Crippen molar-refractivity contribution in [3.05, 3.63) is 23.6 Å². The van der Waals surface area contributed by atoms with E-state index in [1.165, 1.54) is 11.3 Å². The zero-order chi connectivity index (χ0) is 14.8. The Hall–Kier alpha value is -1.53. The number of nitrogens with one attached hydrogen (secondary N) is 1. The summed E-state index contributed by atoms with van der Waals surface area (Å²) >= 11 is 1.42. The molecule has 1 fully saturated rings. The van der Waals surface area contributed by atoms with Crippen LogP contribution in [0.2, 0.25) is 0 Å². The predicted molar refractivity (Wildman–Crippen MR) is 83.5 cm³/mol. The van der Waals surface area contributed by atoms with Gasteiger partial charge >= 0.3 is 0 Å². The summed E-state index contributed by atoms with van der Waals surface area (Å²) in [7, 11) is 0. The van der Waals surface area contributed by atoms with Gasteiger partial charge in [-0.25, -0.2) is 0 Å². The molecule has 5 nitrogen and oxygen atoms in total. The topological polar surface area (TPSA) is 67.6 Å². The molecule has 0 bridgehead atoms. The quantitative estimate of drug-likeness (QED) is 0.832. The van der Waals surface area contributed by atoms with Gasteiger partial charge in [-0.15, -0.1) is 17.9 Å². The summed E-state index contributed by atoms with van der Waals surface area (Å²) in [5, 5.41) is 3.77. The molecule has 0 aromatic carbocycles. The number of rotatable bonds is 4. The van der Waals surface area contributed by atoms with Gasteiger partial charge in [-0.3, -0.25) is 4.79 Å². The molecular formula is C14H21N3O2S. The lowest BCUT2D eigenvalue weighted by Crippen LogP contribution is -2.48. The van der Waals surface area contributed by atoms with E-state index in [1.807, 2.05) is 6.07 Å². The van der Waals surface area contributed by atoms with Gasteiger partial charge in [0.25, 0.3) is 5.91 Å².